The SMILES string of the molecule is CCOCCN(C)CC1CCC(CNC(C)C)O1. The molecule has 0 aromatic carbocycles. The summed E-state index contributed by atoms with van der Waals surface area (Å²) >= 11 is 0. The number of likely N-dealkylation sites (N-methyl/N-ethyl adjacent to an activating group) is 1. The van der Waals surface area contributed by atoms with Gasteiger partial charge in [0.25, 0.3) is 0 Å². The van der Waals surface area contributed by atoms with Crippen LogP contribution in [0.25, 0.3) is 0 Å². The van der Waals surface area contributed by atoms with Crippen molar-refractivity contribution in [3.63, 3.8) is 0 Å². The van der Waals surface area contributed by atoms with Crippen LogP contribution in [0.3, 0.4) is 0 Å². The smallest absolute Gasteiger partial charge is 0.0707 e. The third kappa shape index (κ3) is 6.69. The van der Waals surface area contributed by atoms with Gasteiger partial charge in [0.05, 0.1) is 18.8 Å². The second-order valence-corrected chi connectivity index (χ2v) is 5.48. The maximum atomic E-state index is 6.04. The van der Waals surface area contributed by atoms with Crippen LogP contribution in [0.1, 0.15) is 33.6 Å². The second kappa shape index (κ2) is 8.86. The highest BCUT2D eigenvalue weighted by molar-refractivity contribution is 4.77. The molecular weight excluding hydrogens is 228 g/mol. The molecule has 108 valence electrons. The largest absolute Gasteiger partial charge is 0.380 e. The zero-order chi connectivity index (χ0) is 13.4. The molecule has 4 nitrogen and oxygen atoms in total. The molecule has 0 amide bonds. The molecule has 1 aliphatic rings. The van der Waals surface area contributed by atoms with Gasteiger partial charge in [-0.3, -0.25) is 0 Å². The second-order valence-electron chi connectivity index (χ2n) is 5.48. The molecule has 0 saturated carbocycles. The Kier molecular flexibility index (Phi) is 7.82. The van der Waals surface area contributed by atoms with Crippen molar-refractivity contribution in [2.45, 2.75) is 51.9 Å². The summed E-state index contributed by atoms with van der Waals surface area (Å²) in [5, 5.41) is 3.44. The van der Waals surface area contributed by atoms with E-state index in [4.69, 9.17) is 9.47 Å². The van der Waals surface area contributed by atoms with Crippen molar-refractivity contribution in [1.82, 2.24) is 10.2 Å². The average Bonchev–Trinajstić information content (AvgIpc) is 2.74. The Labute approximate surface area is 112 Å². The summed E-state index contributed by atoms with van der Waals surface area (Å²) in [6, 6.07) is 0.543. The van der Waals surface area contributed by atoms with Gasteiger partial charge in [0, 0.05) is 32.3 Å². The summed E-state index contributed by atoms with van der Waals surface area (Å²) in [7, 11) is 2.14. The van der Waals surface area contributed by atoms with Crippen molar-refractivity contribution < 1.29 is 9.47 Å². The Morgan fingerprint density at radius 3 is 2.72 bits per heavy atom. The van der Waals surface area contributed by atoms with Crippen LogP contribution in [0, 0.1) is 0 Å². The quantitative estimate of drug-likeness (QED) is 0.636. The summed E-state index contributed by atoms with van der Waals surface area (Å²) in [6.45, 7) is 11.0. The van der Waals surface area contributed by atoms with Crippen LogP contribution in [0.2, 0.25) is 0 Å². The molecule has 0 aromatic rings. The number of nitrogens with zero attached hydrogens (tertiary/aromatic N) is 1. The van der Waals surface area contributed by atoms with E-state index in [1.807, 2.05) is 6.92 Å². The highest BCUT2D eigenvalue weighted by Crippen LogP contribution is 2.19. The van der Waals surface area contributed by atoms with Gasteiger partial charge in [0.15, 0.2) is 0 Å². The molecule has 0 aromatic heterocycles. The first-order valence-corrected chi connectivity index (χ1v) is 7.27. The number of rotatable bonds is 9. The van der Waals surface area contributed by atoms with E-state index in [9.17, 15) is 0 Å². The zero-order valence-electron chi connectivity index (χ0n) is 12.4. The molecule has 1 heterocycles. The van der Waals surface area contributed by atoms with Gasteiger partial charge in [0.2, 0.25) is 0 Å². The summed E-state index contributed by atoms with van der Waals surface area (Å²) < 4.78 is 11.4. The van der Waals surface area contributed by atoms with E-state index in [0.29, 0.717) is 18.2 Å². The molecule has 0 bridgehead atoms. The lowest BCUT2D eigenvalue weighted by Gasteiger charge is -2.21. The molecule has 2 unspecified atom stereocenters. The molecule has 0 radical (unpaired) electrons. The van der Waals surface area contributed by atoms with Crippen molar-refractivity contribution >= 4 is 0 Å². The first-order valence-electron chi connectivity index (χ1n) is 7.27. The Morgan fingerprint density at radius 2 is 2.06 bits per heavy atom. The molecule has 1 saturated heterocycles. The van der Waals surface area contributed by atoms with Crippen LogP contribution >= 0.6 is 0 Å². The molecule has 18 heavy (non-hydrogen) atoms. The fraction of sp³-hybridized carbons (Fsp3) is 1.00. The van der Waals surface area contributed by atoms with Gasteiger partial charge >= 0.3 is 0 Å². The van der Waals surface area contributed by atoms with Gasteiger partial charge in [-0.25, -0.2) is 0 Å². The minimum Gasteiger partial charge on any atom is -0.380 e. The normalized spacial score (nSPS) is 24.3. The highest BCUT2D eigenvalue weighted by atomic mass is 16.5. The van der Waals surface area contributed by atoms with Gasteiger partial charge in [-0.05, 0) is 26.8 Å². The predicted octanol–water partition coefficient (Wildman–Crippen LogP) is 1.50. The highest BCUT2D eigenvalue weighted by Gasteiger charge is 2.25. The van der Waals surface area contributed by atoms with Crippen molar-refractivity contribution in [2.24, 2.45) is 0 Å². The fourth-order valence-electron chi connectivity index (χ4n) is 2.24. The zero-order valence-corrected chi connectivity index (χ0v) is 12.4. The standard InChI is InChI=1S/C14H30N2O2/c1-5-17-9-8-16(4)11-14-7-6-13(18-14)10-15-12(2)3/h12-15H,5-11H2,1-4H3. The summed E-state index contributed by atoms with van der Waals surface area (Å²) in [6.07, 6.45) is 3.17. The van der Waals surface area contributed by atoms with Crippen LogP contribution in [-0.2, 0) is 9.47 Å². The fourth-order valence-corrected chi connectivity index (χ4v) is 2.24. The number of ether oxygens (including phenoxy) is 2. The van der Waals surface area contributed by atoms with Gasteiger partial charge in [-0.15, -0.1) is 0 Å². The van der Waals surface area contributed by atoms with Crippen LogP contribution < -0.4 is 5.32 Å². The maximum absolute atomic E-state index is 6.04. The Bertz CT molecular complexity index is 212. The number of hydrogen-bond acceptors (Lipinski definition) is 4. The topological polar surface area (TPSA) is 33.7 Å². The predicted molar refractivity (Wildman–Crippen MR) is 75.0 cm³/mol. The molecule has 4 heteroatoms. The molecule has 2 atom stereocenters. The van der Waals surface area contributed by atoms with Gasteiger partial charge in [0.1, 0.15) is 0 Å². The lowest BCUT2D eigenvalue weighted by atomic mass is 10.2. The first kappa shape index (κ1) is 15.9. The van der Waals surface area contributed by atoms with E-state index in [1.54, 1.807) is 0 Å². The molecule has 1 aliphatic heterocycles. The van der Waals surface area contributed by atoms with Crippen LogP contribution in [0.5, 0.6) is 0 Å². The van der Waals surface area contributed by atoms with Crippen LogP contribution in [0.15, 0.2) is 0 Å². The van der Waals surface area contributed by atoms with Crippen LogP contribution in [-0.4, -0.2) is 63.0 Å². The third-order valence-corrected chi connectivity index (χ3v) is 3.29. The van der Waals surface area contributed by atoms with E-state index in [-0.39, 0.29) is 0 Å². The molecule has 0 aliphatic carbocycles. The Balaban J connectivity index is 2.09. The van der Waals surface area contributed by atoms with Crippen molar-refractivity contribution in [2.75, 3.05) is 39.9 Å². The van der Waals surface area contributed by atoms with E-state index in [1.165, 1.54) is 12.8 Å². The van der Waals surface area contributed by atoms with E-state index < -0.39 is 0 Å². The minimum absolute atomic E-state index is 0.399. The van der Waals surface area contributed by atoms with Gasteiger partial charge < -0.3 is 19.7 Å². The maximum Gasteiger partial charge on any atom is 0.0707 e. The lowest BCUT2D eigenvalue weighted by molar-refractivity contribution is 0.0218. The minimum atomic E-state index is 0.399. The van der Waals surface area contributed by atoms with Crippen molar-refractivity contribution in [3.05, 3.63) is 0 Å². The third-order valence-electron chi connectivity index (χ3n) is 3.29. The molecular formula is C14H30N2O2. The Hall–Kier alpha value is -0.160. The number of nitrogens with one attached hydrogen (secondary N) is 1. The summed E-state index contributed by atoms with van der Waals surface area (Å²) in [5.74, 6) is 0. The molecule has 1 rings (SSSR count). The lowest BCUT2D eigenvalue weighted by Crippen LogP contribution is -2.35. The van der Waals surface area contributed by atoms with Gasteiger partial charge in [-0.2, -0.15) is 0 Å². The molecule has 1 N–H and O–H groups in total. The monoisotopic (exact) mass is 258 g/mol. The van der Waals surface area contributed by atoms with Crippen molar-refractivity contribution in [1.29, 1.82) is 0 Å². The summed E-state index contributed by atoms with van der Waals surface area (Å²) in [4.78, 5) is 2.30. The average molecular weight is 258 g/mol. The van der Waals surface area contributed by atoms with Gasteiger partial charge in [-0.1, -0.05) is 13.8 Å². The molecule has 1 fully saturated rings. The van der Waals surface area contributed by atoms with E-state index >= 15 is 0 Å². The first-order chi connectivity index (χ1) is 8.61. The van der Waals surface area contributed by atoms with Crippen molar-refractivity contribution in [3.8, 4) is 0 Å². The number of hydrogen-bond donors (Lipinski definition) is 1. The van der Waals surface area contributed by atoms with Crippen LogP contribution in [0.4, 0.5) is 0 Å². The summed E-state index contributed by atoms with van der Waals surface area (Å²) in [5.41, 5.74) is 0. The Morgan fingerprint density at radius 1 is 1.33 bits per heavy atom. The van der Waals surface area contributed by atoms with E-state index in [0.717, 1.165) is 32.8 Å². The molecule has 0 spiro atoms. The van der Waals surface area contributed by atoms with E-state index in [2.05, 4.69) is 31.1 Å².